The minimum absolute atomic E-state index is 0.00314. The number of nitrogens with one attached hydrogen (secondary N) is 1. The van der Waals surface area contributed by atoms with Gasteiger partial charge in [0.1, 0.15) is 0 Å². The Balaban J connectivity index is 2.37. The molecule has 0 aliphatic rings. The third kappa shape index (κ3) is 5.36. The van der Waals surface area contributed by atoms with Crippen LogP contribution in [0.5, 0.6) is 0 Å². The summed E-state index contributed by atoms with van der Waals surface area (Å²) in [4.78, 5) is 12.5. The van der Waals surface area contributed by atoms with Crippen LogP contribution in [0, 0.1) is 5.92 Å². The van der Waals surface area contributed by atoms with E-state index in [0.717, 1.165) is 6.42 Å². The van der Waals surface area contributed by atoms with Crippen molar-refractivity contribution in [2.45, 2.75) is 25.2 Å². The molecule has 1 N–H and O–H groups in total. The van der Waals surface area contributed by atoms with Gasteiger partial charge >= 0.3 is 0 Å². The summed E-state index contributed by atoms with van der Waals surface area (Å²) in [6.07, 6.45) is 2.34. The van der Waals surface area contributed by atoms with Gasteiger partial charge in [0.25, 0.3) is 15.9 Å². The molecule has 0 aliphatic carbocycles. The van der Waals surface area contributed by atoms with Crippen molar-refractivity contribution in [3.63, 3.8) is 0 Å². The van der Waals surface area contributed by atoms with Crippen LogP contribution in [-0.4, -0.2) is 27.4 Å². The normalized spacial score (nSPS) is 11.3. The highest BCUT2D eigenvalue weighted by Crippen LogP contribution is 2.26. The molecule has 0 fully saturated rings. The average Bonchev–Trinajstić information content (AvgIpc) is 2.66. The Morgan fingerprint density at radius 1 is 1.21 bits per heavy atom. The first-order chi connectivity index (χ1) is 13.3. The van der Waals surface area contributed by atoms with Gasteiger partial charge in [0.05, 0.1) is 27.7 Å². The number of carbonyl (C=O) groups is 1. The molecule has 150 valence electrons. The number of hydrogen-bond acceptors (Lipinski definition) is 3. The molecule has 1 amide bonds. The van der Waals surface area contributed by atoms with Gasteiger partial charge in [0.2, 0.25) is 0 Å². The number of rotatable bonds is 9. The lowest BCUT2D eigenvalue weighted by Gasteiger charge is -2.23. The second kappa shape index (κ2) is 9.75. The summed E-state index contributed by atoms with van der Waals surface area (Å²) in [6, 6.07) is 12.9. The van der Waals surface area contributed by atoms with Crippen LogP contribution >= 0.6 is 11.6 Å². The van der Waals surface area contributed by atoms with Gasteiger partial charge in [-0.25, -0.2) is 8.42 Å². The predicted molar refractivity (Wildman–Crippen MR) is 114 cm³/mol. The van der Waals surface area contributed by atoms with Crippen LogP contribution in [-0.2, 0) is 10.0 Å². The van der Waals surface area contributed by atoms with E-state index in [1.54, 1.807) is 24.3 Å². The molecule has 0 aromatic heterocycles. The van der Waals surface area contributed by atoms with Crippen LogP contribution in [0.4, 0.5) is 5.69 Å². The summed E-state index contributed by atoms with van der Waals surface area (Å²) >= 11 is 6.15. The zero-order valence-electron chi connectivity index (χ0n) is 16.1. The van der Waals surface area contributed by atoms with E-state index in [1.807, 2.05) is 6.07 Å². The molecular formula is C21H25ClN2O3S. The number of nitrogens with zero attached hydrogens (tertiary/aromatic N) is 1. The summed E-state index contributed by atoms with van der Waals surface area (Å²) in [5, 5.41) is 2.99. The molecule has 0 radical (unpaired) electrons. The third-order valence-corrected chi connectivity index (χ3v) is 6.24. The first-order valence-corrected chi connectivity index (χ1v) is 10.9. The highest BCUT2D eigenvalue weighted by molar-refractivity contribution is 7.92. The Hall–Kier alpha value is -2.31. The van der Waals surface area contributed by atoms with Gasteiger partial charge in [-0.3, -0.25) is 9.10 Å². The summed E-state index contributed by atoms with van der Waals surface area (Å²) in [7, 11) is -3.90. The molecule has 2 rings (SSSR count). The van der Waals surface area contributed by atoms with Gasteiger partial charge in [-0.05, 0) is 42.7 Å². The fourth-order valence-corrected chi connectivity index (χ4v) is 4.26. The maximum Gasteiger partial charge on any atom is 0.264 e. The molecule has 5 nitrogen and oxygen atoms in total. The molecule has 0 aliphatic heterocycles. The minimum atomic E-state index is -3.90. The van der Waals surface area contributed by atoms with E-state index in [9.17, 15) is 13.2 Å². The van der Waals surface area contributed by atoms with Crippen molar-refractivity contribution < 1.29 is 13.2 Å². The second-order valence-electron chi connectivity index (χ2n) is 6.74. The average molecular weight is 421 g/mol. The highest BCUT2D eigenvalue weighted by Gasteiger charge is 2.25. The quantitative estimate of drug-likeness (QED) is 0.607. The summed E-state index contributed by atoms with van der Waals surface area (Å²) in [5.41, 5.74) is 0.651. The maximum absolute atomic E-state index is 13.2. The molecule has 0 heterocycles. The topological polar surface area (TPSA) is 66.5 Å². The fourth-order valence-electron chi connectivity index (χ4n) is 2.59. The molecular weight excluding hydrogens is 396 g/mol. The lowest BCUT2D eigenvalue weighted by Crippen LogP contribution is -2.31. The number of anilines is 1. The molecule has 0 spiro atoms. The maximum atomic E-state index is 13.2. The van der Waals surface area contributed by atoms with Crippen LogP contribution in [0.3, 0.4) is 0 Å². The molecule has 2 aromatic rings. The standard InChI is InChI=1S/C21H25ClN2O3S/c1-4-14-24(17-8-6-5-7-9-17)28(26,27)18-10-11-20(22)19(15-18)21(25)23-13-12-16(2)3/h4-11,15-16H,1,12-14H2,2-3H3,(H,23,25). The first kappa shape index (κ1) is 22.0. The molecule has 0 bridgehead atoms. The van der Waals surface area contributed by atoms with Crippen LogP contribution < -0.4 is 9.62 Å². The number of sulfonamides is 1. The fraction of sp³-hybridized carbons (Fsp3) is 0.286. The van der Waals surface area contributed by atoms with Crippen molar-refractivity contribution in [3.05, 3.63) is 71.8 Å². The monoisotopic (exact) mass is 420 g/mol. The molecule has 28 heavy (non-hydrogen) atoms. The largest absolute Gasteiger partial charge is 0.352 e. The number of carbonyl (C=O) groups excluding carboxylic acids is 1. The van der Waals surface area contributed by atoms with E-state index in [4.69, 9.17) is 11.6 Å². The summed E-state index contributed by atoms with van der Waals surface area (Å²) in [5.74, 6) is 0.0542. The molecule has 7 heteroatoms. The molecule has 0 saturated heterocycles. The van der Waals surface area contributed by atoms with Gasteiger partial charge in [0.15, 0.2) is 0 Å². The highest BCUT2D eigenvalue weighted by atomic mass is 35.5. The summed E-state index contributed by atoms with van der Waals surface area (Å²) < 4.78 is 27.7. The Bertz CT molecular complexity index is 928. The lowest BCUT2D eigenvalue weighted by atomic mass is 10.1. The van der Waals surface area contributed by atoms with Crippen LogP contribution in [0.1, 0.15) is 30.6 Å². The van der Waals surface area contributed by atoms with Crippen molar-refractivity contribution in [1.29, 1.82) is 0 Å². The Morgan fingerprint density at radius 3 is 2.50 bits per heavy atom. The van der Waals surface area contributed by atoms with Crippen LogP contribution in [0.25, 0.3) is 0 Å². The van der Waals surface area contributed by atoms with Crippen molar-refractivity contribution in [1.82, 2.24) is 5.32 Å². The van der Waals surface area contributed by atoms with Crippen molar-refractivity contribution in [2.75, 3.05) is 17.4 Å². The molecule has 2 aromatic carbocycles. The Morgan fingerprint density at radius 2 is 1.89 bits per heavy atom. The van der Waals surface area contributed by atoms with E-state index in [2.05, 4.69) is 25.7 Å². The number of halogens is 1. The Kier molecular flexibility index (Phi) is 7.66. The van der Waals surface area contributed by atoms with Gasteiger partial charge in [-0.15, -0.1) is 6.58 Å². The second-order valence-corrected chi connectivity index (χ2v) is 9.01. The van der Waals surface area contributed by atoms with Gasteiger partial charge in [-0.2, -0.15) is 0 Å². The molecule has 0 unspecified atom stereocenters. The first-order valence-electron chi connectivity index (χ1n) is 9.03. The lowest BCUT2D eigenvalue weighted by molar-refractivity contribution is 0.0952. The van der Waals surface area contributed by atoms with Gasteiger partial charge in [0, 0.05) is 6.54 Å². The van der Waals surface area contributed by atoms with Crippen LogP contribution in [0.15, 0.2) is 66.1 Å². The van der Waals surface area contributed by atoms with Gasteiger partial charge < -0.3 is 5.32 Å². The molecule has 0 saturated carbocycles. The van der Waals surface area contributed by atoms with Gasteiger partial charge in [-0.1, -0.05) is 49.7 Å². The third-order valence-electron chi connectivity index (χ3n) is 4.12. The minimum Gasteiger partial charge on any atom is -0.352 e. The summed E-state index contributed by atoms with van der Waals surface area (Å²) in [6.45, 7) is 8.37. The van der Waals surface area contributed by atoms with Crippen molar-refractivity contribution in [2.24, 2.45) is 5.92 Å². The van der Waals surface area contributed by atoms with E-state index < -0.39 is 15.9 Å². The van der Waals surface area contributed by atoms with E-state index in [0.29, 0.717) is 18.2 Å². The van der Waals surface area contributed by atoms with Crippen LogP contribution in [0.2, 0.25) is 5.02 Å². The van der Waals surface area contributed by atoms with E-state index in [-0.39, 0.29) is 22.0 Å². The zero-order valence-corrected chi connectivity index (χ0v) is 17.6. The smallest absolute Gasteiger partial charge is 0.264 e. The SMILES string of the molecule is C=CCN(c1ccccc1)S(=O)(=O)c1ccc(Cl)c(C(=O)NCCC(C)C)c1. The van der Waals surface area contributed by atoms with E-state index >= 15 is 0 Å². The van der Waals surface area contributed by atoms with Crippen molar-refractivity contribution in [3.8, 4) is 0 Å². The molecule has 0 atom stereocenters. The number of para-hydroxylation sites is 1. The Labute approximate surface area is 172 Å². The van der Waals surface area contributed by atoms with Crippen molar-refractivity contribution >= 4 is 33.2 Å². The number of benzene rings is 2. The van der Waals surface area contributed by atoms with E-state index in [1.165, 1.54) is 28.6 Å². The zero-order chi connectivity index (χ0) is 20.7. The number of amides is 1. The number of hydrogen-bond donors (Lipinski definition) is 1. The predicted octanol–water partition coefficient (Wildman–Crippen LogP) is 4.50.